The molecule has 0 saturated heterocycles. The van der Waals surface area contributed by atoms with Crippen LogP contribution in [-0.2, 0) is 16.2 Å². The monoisotopic (exact) mass is 535 g/mol. The molecule has 0 aliphatic carbocycles. The number of nitrogens with zero attached hydrogens (tertiary/aromatic N) is 5. The van der Waals surface area contributed by atoms with Crippen LogP contribution in [0.4, 0.5) is 31.9 Å². The number of rotatable bonds is 5. The summed E-state index contributed by atoms with van der Waals surface area (Å²) in [6.07, 6.45) is -7.95. The largest absolute Gasteiger partial charge is 0.419 e. The number of halogens is 5. The zero-order valence-electron chi connectivity index (χ0n) is 16.7. The zero-order valence-corrected chi connectivity index (χ0v) is 18.3. The Kier molecular flexibility index (Phi) is 6.11. The highest BCUT2D eigenvalue weighted by atomic mass is 32.2. The van der Waals surface area contributed by atoms with Gasteiger partial charge in [-0.05, 0) is 18.2 Å². The highest BCUT2D eigenvalue weighted by Gasteiger charge is 2.30. The maximum Gasteiger partial charge on any atom is 0.419 e. The van der Waals surface area contributed by atoms with Gasteiger partial charge in [0, 0.05) is 5.56 Å². The number of benzene rings is 1. The topological polar surface area (TPSA) is 154 Å². The average molecular weight is 535 g/mol. The summed E-state index contributed by atoms with van der Waals surface area (Å²) in [5, 5.41) is 17.1. The van der Waals surface area contributed by atoms with Crippen LogP contribution in [0, 0.1) is 0 Å². The molecular formula is C17H10F5N7O4S2. The van der Waals surface area contributed by atoms with Gasteiger partial charge < -0.3 is 4.74 Å². The quantitative estimate of drug-likeness (QED) is 0.291. The predicted molar refractivity (Wildman–Crippen MR) is 109 cm³/mol. The molecule has 0 unspecified atom stereocenters. The van der Waals surface area contributed by atoms with E-state index < -0.39 is 44.3 Å². The minimum absolute atomic E-state index is 0.0865. The second-order valence-corrected chi connectivity index (χ2v) is 9.33. The van der Waals surface area contributed by atoms with Crippen molar-refractivity contribution in [1.29, 1.82) is 0 Å². The first-order valence-electron chi connectivity index (χ1n) is 9.02. The lowest BCUT2D eigenvalue weighted by Crippen LogP contribution is -2.16. The molecule has 3 aromatic heterocycles. The number of alkyl halides is 5. The van der Waals surface area contributed by atoms with Gasteiger partial charge >= 0.3 is 12.3 Å². The Morgan fingerprint density at radius 3 is 2.43 bits per heavy atom. The third kappa shape index (κ3) is 5.17. The molecule has 4 aromatic rings. The Bertz CT molecular complexity index is 1520. The first-order chi connectivity index (χ1) is 16.3. The van der Waals surface area contributed by atoms with Gasteiger partial charge in [0.15, 0.2) is 11.4 Å². The summed E-state index contributed by atoms with van der Waals surface area (Å²) in [6, 6.07) is 4.58. The van der Waals surface area contributed by atoms with Crippen LogP contribution in [0.25, 0.3) is 16.9 Å². The van der Waals surface area contributed by atoms with Gasteiger partial charge in [-0.2, -0.15) is 18.3 Å². The summed E-state index contributed by atoms with van der Waals surface area (Å²) in [7, 11) is -4.16. The van der Waals surface area contributed by atoms with Crippen LogP contribution >= 0.6 is 11.3 Å². The van der Waals surface area contributed by atoms with E-state index in [1.165, 1.54) is 0 Å². The third-order valence-corrected chi connectivity index (χ3v) is 6.41. The second kappa shape index (κ2) is 8.78. The number of hydrogen-bond donors (Lipinski definition) is 2. The van der Waals surface area contributed by atoms with E-state index in [2.05, 4.69) is 25.6 Å². The number of amides is 1. The van der Waals surface area contributed by atoms with Crippen LogP contribution in [0.15, 0.2) is 40.9 Å². The number of carbonyl (C=O) groups excluding carboxylic acids is 1. The van der Waals surface area contributed by atoms with Gasteiger partial charge in [0.25, 0.3) is 16.4 Å². The van der Waals surface area contributed by atoms with Crippen molar-refractivity contribution in [2.45, 2.75) is 16.9 Å². The lowest BCUT2D eigenvalue weighted by molar-refractivity contribution is -0.137. The van der Waals surface area contributed by atoms with Crippen molar-refractivity contribution in [2.24, 2.45) is 5.14 Å². The number of hydrogen-bond acceptors (Lipinski definition) is 9. The fraction of sp³-hybridized carbons (Fsp3) is 0.118. The molecule has 3 heterocycles. The summed E-state index contributed by atoms with van der Waals surface area (Å²) in [5.41, 5.74) is -1.99. The highest BCUT2D eigenvalue weighted by Crippen LogP contribution is 2.33. The van der Waals surface area contributed by atoms with Gasteiger partial charge in [-0.25, -0.2) is 36.6 Å². The fourth-order valence-electron chi connectivity index (χ4n) is 2.76. The van der Waals surface area contributed by atoms with Crippen molar-refractivity contribution in [2.75, 3.05) is 5.32 Å². The maximum atomic E-state index is 13.6. The molecule has 0 spiro atoms. The van der Waals surface area contributed by atoms with Gasteiger partial charge in [-0.3, -0.25) is 5.32 Å². The second-order valence-electron chi connectivity index (χ2n) is 6.62. The molecule has 0 bridgehead atoms. The molecule has 0 atom stereocenters. The lowest BCUT2D eigenvalue weighted by Gasteiger charge is -2.10. The van der Waals surface area contributed by atoms with Crippen molar-refractivity contribution in [3.63, 3.8) is 0 Å². The molecule has 0 saturated carbocycles. The summed E-state index contributed by atoms with van der Waals surface area (Å²) < 4.78 is 93.4. The number of anilines is 1. The van der Waals surface area contributed by atoms with Crippen molar-refractivity contribution in [3.8, 4) is 17.0 Å². The third-order valence-electron chi connectivity index (χ3n) is 4.26. The number of nitrogens with two attached hydrogens (primary N) is 1. The summed E-state index contributed by atoms with van der Waals surface area (Å²) >= 11 is 0.430. The Hall–Kier alpha value is -3.77. The van der Waals surface area contributed by atoms with Gasteiger partial charge in [-0.15, -0.1) is 10.2 Å². The van der Waals surface area contributed by atoms with Crippen LogP contribution in [0.5, 0.6) is 5.75 Å². The molecule has 0 aliphatic heterocycles. The average Bonchev–Trinajstić information content (AvgIpc) is 3.40. The minimum atomic E-state index is -4.59. The molecule has 0 radical (unpaired) electrons. The molecule has 18 heteroatoms. The number of primary sulfonamides is 1. The maximum absolute atomic E-state index is 13.6. The minimum Gasteiger partial charge on any atom is -0.404 e. The van der Waals surface area contributed by atoms with Crippen LogP contribution in [0.2, 0.25) is 0 Å². The summed E-state index contributed by atoms with van der Waals surface area (Å²) in [5.74, 6) is -0.380. The van der Waals surface area contributed by atoms with Crippen LogP contribution in [0.3, 0.4) is 0 Å². The van der Waals surface area contributed by atoms with Crippen molar-refractivity contribution in [1.82, 2.24) is 24.8 Å². The molecule has 3 N–H and O–H groups in total. The number of ether oxygens (including phenoxy) is 1. The van der Waals surface area contributed by atoms with Gasteiger partial charge in [0.2, 0.25) is 9.47 Å². The fourth-order valence-corrected chi connectivity index (χ4v) is 4.08. The van der Waals surface area contributed by atoms with Crippen molar-refractivity contribution >= 4 is 38.2 Å². The number of carbonyl (C=O) groups is 1. The Labute approximate surface area is 195 Å². The van der Waals surface area contributed by atoms with Gasteiger partial charge in [0.05, 0.1) is 17.5 Å². The molecule has 11 nitrogen and oxygen atoms in total. The molecule has 0 aliphatic rings. The molecule has 4 rings (SSSR count). The van der Waals surface area contributed by atoms with Crippen molar-refractivity contribution in [3.05, 3.63) is 47.8 Å². The van der Waals surface area contributed by atoms with Crippen LogP contribution in [-0.4, -0.2) is 39.3 Å². The van der Waals surface area contributed by atoms with Crippen LogP contribution in [0.1, 0.15) is 17.7 Å². The van der Waals surface area contributed by atoms with E-state index in [0.717, 1.165) is 36.5 Å². The molecule has 1 aromatic carbocycles. The number of aromatic nitrogens is 5. The molecule has 35 heavy (non-hydrogen) atoms. The molecule has 0 fully saturated rings. The van der Waals surface area contributed by atoms with Crippen molar-refractivity contribution < 1.29 is 39.9 Å². The molecule has 184 valence electrons. The lowest BCUT2D eigenvalue weighted by atomic mass is 10.1. The first-order valence-corrected chi connectivity index (χ1v) is 11.4. The van der Waals surface area contributed by atoms with E-state index in [0.29, 0.717) is 15.9 Å². The Morgan fingerprint density at radius 1 is 1.17 bits per heavy atom. The molecular weight excluding hydrogens is 525 g/mol. The molecule has 1 amide bonds. The van der Waals surface area contributed by atoms with E-state index in [1.807, 2.05) is 0 Å². The summed E-state index contributed by atoms with van der Waals surface area (Å²) in [4.78, 5) is 16.3. The number of nitrogens with one attached hydrogen (secondary N) is 1. The van der Waals surface area contributed by atoms with E-state index in [-0.39, 0.29) is 27.8 Å². The first kappa shape index (κ1) is 24.4. The highest BCUT2D eigenvalue weighted by molar-refractivity contribution is 7.91. The van der Waals surface area contributed by atoms with E-state index >= 15 is 0 Å². The normalized spacial score (nSPS) is 12.3. The van der Waals surface area contributed by atoms with E-state index in [4.69, 9.17) is 9.88 Å². The van der Waals surface area contributed by atoms with E-state index in [9.17, 15) is 35.2 Å². The summed E-state index contributed by atoms with van der Waals surface area (Å²) in [6.45, 7) is 0. The zero-order chi connectivity index (χ0) is 25.5. The van der Waals surface area contributed by atoms with Gasteiger partial charge in [0.1, 0.15) is 5.69 Å². The predicted octanol–water partition coefficient (Wildman–Crippen LogP) is 3.46. The SMILES string of the molecule is NS(=O)(=O)c1nnc(NC(=O)Oc2cnn3c(C(F)F)cc(-c4ccc(C(F)(F)F)cc4)nc23)s1. The standard InChI is InChI=1S/C17H10F5N7O4S2/c18-12(19)10-5-9(7-1-3-8(4-2-7)17(20,21)22)25-13-11(6-24-29(10)13)33-15(30)26-14-27-28-16(34-14)35(23,31)32/h1-6,12H,(H2,23,31,32)(H,26,27,30). The smallest absolute Gasteiger partial charge is 0.404 e. The van der Waals surface area contributed by atoms with Crippen LogP contribution < -0.4 is 15.2 Å². The Morgan fingerprint density at radius 2 is 1.86 bits per heavy atom. The number of fused-ring (bicyclic) bond motifs is 1. The van der Waals surface area contributed by atoms with E-state index in [1.54, 1.807) is 0 Å². The van der Waals surface area contributed by atoms with Gasteiger partial charge in [-0.1, -0.05) is 23.5 Å². The Balaban J connectivity index is 1.66. The number of sulfonamides is 1.